The molecule has 10 nitrogen and oxygen atoms in total. The summed E-state index contributed by atoms with van der Waals surface area (Å²) in [6, 6.07) is 9.58. The van der Waals surface area contributed by atoms with Gasteiger partial charge in [-0.05, 0) is 31.0 Å². The van der Waals surface area contributed by atoms with E-state index in [9.17, 15) is 18.0 Å². The maximum absolute atomic E-state index is 12.7. The second-order valence-electron chi connectivity index (χ2n) is 8.54. The third-order valence-electron chi connectivity index (χ3n) is 5.90. The summed E-state index contributed by atoms with van der Waals surface area (Å²) in [4.78, 5) is 24.6. The Labute approximate surface area is 218 Å². The molecule has 198 valence electrons. The molecule has 1 aliphatic rings. The van der Waals surface area contributed by atoms with Crippen molar-refractivity contribution in [3.05, 3.63) is 51.6 Å². The zero-order valence-electron chi connectivity index (χ0n) is 20.4. The predicted octanol–water partition coefficient (Wildman–Crippen LogP) is 3.38. The van der Waals surface area contributed by atoms with Crippen molar-refractivity contribution >= 4 is 38.5 Å². The first-order valence-electron chi connectivity index (χ1n) is 11.3. The third kappa shape index (κ3) is 6.17. The molecule has 0 saturated heterocycles. The van der Waals surface area contributed by atoms with Gasteiger partial charge in [-0.2, -0.15) is 0 Å². The Morgan fingerprint density at radius 1 is 1.08 bits per heavy atom. The molecule has 1 aromatic heterocycles. The van der Waals surface area contributed by atoms with E-state index in [-0.39, 0.29) is 36.1 Å². The molecular weight excluding hydrogens is 526 g/mol. The van der Waals surface area contributed by atoms with Gasteiger partial charge in [-0.3, -0.25) is 14.3 Å². The van der Waals surface area contributed by atoms with Crippen LogP contribution in [-0.2, 0) is 19.6 Å². The van der Waals surface area contributed by atoms with E-state index < -0.39 is 21.8 Å². The Morgan fingerprint density at radius 2 is 1.78 bits per heavy atom. The number of nitrogens with one attached hydrogen (secondary N) is 1. The quantitative estimate of drug-likeness (QED) is 0.377. The summed E-state index contributed by atoms with van der Waals surface area (Å²) in [5.41, 5.74) is 0.454. The van der Waals surface area contributed by atoms with Crippen molar-refractivity contribution in [3.8, 4) is 28.6 Å². The number of amides is 1. The highest BCUT2D eigenvalue weighted by Gasteiger charge is 2.36. The summed E-state index contributed by atoms with van der Waals surface area (Å²) >= 11 is 6.27. The number of carbonyl (C=O) groups is 1. The summed E-state index contributed by atoms with van der Waals surface area (Å²) in [6.07, 6.45) is 1.61. The highest BCUT2D eigenvalue weighted by atomic mass is 35.5. The Hall–Kier alpha value is -3.28. The highest BCUT2D eigenvalue weighted by Crippen LogP contribution is 2.41. The first-order chi connectivity index (χ1) is 17.6. The van der Waals surface area contributed by atoms with Crippen LogP contribution in [0, 0.1) is 5.92 Å². The second-order valence-corrected chi connectivity index (χ2v) is 10.7. The van der Waals surface area contributed by atoms with E-state index in [2.05, 4.69) is 0 Å². The van der Waals surface area contributed by atoms with Crippen molar-refractivity contribution < 1.29 is 36.6 Å². The van der Waals surface area contributed by atoms with Gasteiger partial charge in [-0.1, -0.05) is 17.7 Å². The largest absolute Gasteiger partial charge is 0.493 e. The SMILES string of the molecule is COc1cc(OCCO[C@H]2C[C@@H](C(=O)NS(C)(=O)=O)C2)c(-c2cc(=O)c3cccc(Cl)c3o2)cc1OC. The number of carbonyl (C=O) groups excluding carboxylic acids is 1. The van der Waals surface area contributed by atoms with Gasteiger partial charge >= 0.3 is 0 Å². The number of hydrogen-bond donors (Lipinski definition) is 1. The molecule has 1 amide bonds. The number of ether oxygens (including phenoxy) is 4. The maximum atomic E-state index is 12.7. The van der Waals surface area contributed by atoms with Crippen LogP contribution in [0.3, 0.4) is 0 Å². The molecule has 0 atom stereocenters. The summed E-state index contributed by atoms with van der Waals surface area (Å²) in [7, 11) is -0.598. The van der Waals surface area contributed by atoms with Gasteiger partial charge in [0.2, 0.25) is 15.9 Å². The van der Waals surface area contributed by atoms with Crippen LogP contribution in [0.4, 0.5) is 0 Å². The van der Waals surface area contributed by atoms with E-state index in [1.54, 1.807) is 30.3 Å². The van der Waals surface area contributed by atoms with Crippen molar-refractivity contribution in [2.24, 2.45) is 5.92 Å². The molecule has 37 heavy (non-hydrogen) atoms. The van der Waals surface area contributed by atoms with Gasteiger partial charge in [0.25, 0.3) is 0 Å². The second kappa shape index (κ2) is 11.0. The fourth-order valence-corrected chi connectivity index (χ4v) is 4.74. The number of benzene rings is 2. The zero-order valence-corrected chi connectivity index (χ0v) is 22.0. The van der Waals surface area contributed by atoms with Crippen LogP contribution in [0.15, 0.2) is 45.6 Å². The fraction of sp³-hybridized carbons (Fsp3) is 0.360. The average Bonchev–Trinajstić information content (AvgIpc) is 2.81. The third-order valence-corrected chi connectivity index (χ3v) is 6.77. The summed E-state index contributed by atoms with van der Waals surface area (Å²) in [6.45, 7) is 0.365. The van der Waals surface area contributed by atoms with Gasteiger partial charge in [0.1, 0.15) is 18.1 Å². The van der Waals surface area contributed by atoms with Crippen LogP contribution >= 0.6 is 11.6 Å². The number of rotatable bonds is 10. The molecular formula is C25H26ClNO9S. The molecule has 0 aliphatic heterocycles. The van der Waals surface area contributed by atoms with Crippen molar-refractivity contribution in [2.75, 3.05) is 33.7 Å². The molecule has 4 rings (SSSR count). The van der Waals surface area contributed by atoms with Gasteiger partial charge in [-0.25, -0.2) is 8.42 Å². The van der Waals surface area contributed by atoms with Crippen LogP contribution in [-0.4, -0.2) is 54.1 Å². The van der Waals surface area contributed by atoms with Crippen molar-refractivity contribution in [3.63, 3.8) is 0 Å². The zero-order chi connectivity index (χ0) is 26.7. The molecule has 1 N–H and O–H groups in total. The van der Waals surface area contributed by atoms with Gasteiger partial charge < -0.3 is 23.4 Å². The first-order valence-corrected chi connectivity index (χ1v) is 13.6. The summed E-state index contributed by atoms with van der Waals surface area (Å²) in [5.74, 6) is 0.514. The molecule has 0 unspecified atom stereocenters. The minimum absolute atomic E-state index is 0.151. The lowest BCUT2D eigenvalue weighted by molar-refractivity contribution is -0.132. The topological polar surface area (TPSA) is 130 Å². The lowest BCUT2D eigenvalue weighted by Crippen LogP contribution is -2.44. The van der Waals surface area contributed by atoms with Crippen LogP contribution in [0.5, 0.6) is 17.2 Å². The number of para-hydroxylation sites is 1. The highest BCUT2D eigenvalue weighted by molar-refractivity contribution is 7.89. The Balaban J connectivity index is 1.48. The number of sulfonamides is 1. The lowest BCUT2D eigenvalue weighted by Gasteiger charge is -2.33. The predicted molar refractivity (Wildman–Crippen MR) is 137 cm³/mol. The Bertz CT molecular complexity index is 1480. The fourth-order valence-electron chi connectivity index (χ4n) is 4.00. The molecule has 0 radical (unpaired) electrons. The summed E-state index contributed by atoms with van der Waals surface area (Å²) in [5, 5.41) is 0.661. The van der Waals surface area contributed by atoms with E-state index in [1.807, 2.05) is 4.72 Å². The molecule has 0 spiro atoms. The Morgan fingerprint density at radius 3 is 2.46 bits per heavy atom. The number of halogens is 1. The lowest BCUT2D eigenvalue weighted by atomic mass is 9.82. The number of methoxy groups -OCH3 is 2. The molecule has 0 bridgehead atoms. The van der Waals surface area contributed by atoms with E-state index in [0.29, 0.717) is 46.1 Å². The number of fused-ring (bicyclic) bond motifs is 1. The van der Waals surface area contributed by atoms with E-state index >= 15 is 0 Å². The minimum Gasteiger partial charge on any atom is -0.493 e. The minimum atomic E-state index is -3.58. The van der Waals surface area contributed by atoms with E-state index in [4.69, 9.17) is 35.0 Å². The monoisotopic (exact) mass is 551 g/mol. The molecule has 3 aromatic rings. The molecule has 2 aromatic carbocycles. The molecule has 1 saturated carbocycles. The van der Waals surface area contributed by atoms with Crippen LogP contribution < -0.4 is 24.4 Å². The van der Waals surface area contributed by atoms with Crippen LogP contribution in [0.2, 0.25) is 5.02 Å². The molecule has 1 heterocycles. The molecule has 12 heteroatoms. The van der Waals surface area contributed by atoms with Crippen LogP contribution in [0.1, 0.15) is 12.8 Å². The summed E-state index contributed by atoms with van der Waals surface area (Å²) < 4.78 is 52.9. The normalized spacial score (nSPS) is 17.2. The number of hydrogen-bond acceptors (Lipinski definition) is 9. The molecule has 1 fully saturated rings. The van der Waals surface area contributed by atoms with Crippen LogP contribution in [0.25, 0.3) is 22.3 Å². The van der Waals surface area contributed by atoms with Gasteiger partial charge in [0.15, 0.2) is 22.5 Å². The first kappa shape index (κ1) is 26.8. The van der Waals surface area contributed by atoms with Gasteiger partial charge in [-0.15, -0.1) is 0 Å². The smallest absolute Gasteiger partial charge is 0.236 e. The van der Waals surface area contributed by atoms with E-state index in [0.717, 1.165) is 6.26 Å². The van der Waals surface area contributed by atoms with Crippen molar-refractivity contribution in [1.29, 1.82) is 0 Å². The van der Waals surface area contributed by atoms with Crippen molar-refractivity contribution in [2.45, 2.75) is 18.9 Å². The average molecular weight is 552 g/mol. The van der Waals surface area contributed by atoms with Crippen molar-refractivity contribution in [1.82, 2.24) is 4.72 Å². The Kier molecular flexibility index (Phi) is 7.96. The maximum Gasteiger partial charge on any atom is 0.236 e. The van der Waals surface area contributed by atoms with Gasteiger partial charge in [0, 0.05) is 18.1 Å². The van der Waals surface area contributed by atoms with E-state index in [1.165, 1.54) is 20.3 Å². The standard InChI is InChI=1S/C25H26ClNO9S/c1-32-22-11-17(21-12-19(28)16-5-4-6-18(26)24(16)36-21)20(13-23(22)33-2)35-8-7-34-15-9-14(10-15)25(29)27-37(3,30)31/h4-6,11-15H,7-10H2,1-3H3,(H,27,29)/t14-,15+. The molecule has 1 aliphatic carbocycles. The van der Waals surface area contributed by atoms with Gasteiger partial charge in [0.05, 0.1) is 49.2 Å².